The van der Waals surface area contributed by atoms with E-state index in [1.54, 1.807) is 36.4 Å². The molecule has 0 aliphatic carbocycles. The fourth-order valence-electron chi connectivity index (χ4n) is 1.32. The molecule has 0 radical (unpaired) electrons. The predicted octanol–water partition coefficient (Wildman–Crippen LogP) is 3.19. The SMILES string of the molecule is Nc1ccccc1[N+]([O-])=Nc1ccccc1. The Hall–Kier alpha value is -2.36. The van der Waals surface area contributed by atoms with E-state index in [1.165, 1.54) is 0 Å². The minimum atomic E-state index is 0.353. The number of nitrogens with two attached hydrogens (primary N) is 1. The summed E-state index contributed by atoms with van der Waals surface area (Å²) in [6, 6.07) is 15.8. The van der Waals surface area contributed by atoms with Crippen molar-refractivity contribution in [2.75, 3.05) is 5.73 Å². The van der Waals surface area contributed by atoms with Crippen LogP contribution in [-0.2, 0) is 0 Å². The van der Waals surface area contributed by atoms with Crippen LogP contribution in [0.2, 0.25) is 0 Å². The lowest BCUT2D eigenvalue weighted by Crippen LogP contribution is -1.95. The first kappa shape index (κ1) is 10.2. The van der Waals surface area contributed by atoms with Gasteiger partial charge in [0.15, 0.2) is 0 Å². The highest BCUT2D eigenvalue weighted by Crippen LogP contribution is 2.22. The molecule has 2 rings (SSSR count). The maximum Gasteiger partial charge on any atom is 0.267 e. The van der Waals surface area contributed by atoms with Crippen molar-refractivity contribution in [2.45, 2.75) is 0 Å². The van der Waals surface area contributed by atoms with Crippen LogP contribution in [0.15, 0.2) is 59.7 Å². The highest BCUT2D eigenvalue weighted by molar-refractivity contribution is 5.57. The number of benzene rings is 2. The lowest BCUT2D eigenvalue weighted by atomic mass is 10.3. The molecule has 0 fully saturated rings. The molecule has 0 unspecified atom stereocenters. The summed E-state index contributed by atoms with van der Waals surface area (Å²) in [6.45, 7) is 0. The van der Waals surface area contributed by atoms with Gasteiger partial charge in [0.05, 0.1) is 0 Å². The summed E-state index contributed by atoms with van der Waals surface area (Å²) >= 11 is 0. The second-order valence-electron chi connectivity index (χ2n) is 3.27. The second-order valence-corrected chi connectivity index (χ2v) is 3.27. The molecule has 4 heteroatoms. The topological polar surface area (TPSA) is 64.5 Å². The lowest BCUT2D eigenvalue weighted by molar-refractivity contribution is -0.434. The smallest absolute Gasteiger partial charge is 0.267 e. The summed E-state index contributed by atoms with van der Waals surface area (Å²) in [6.07, 6.45) is 0. The summed E-state index contributed by atoms with van der Waals surface area (Å²) < 4.78 is 0. The third kappa shape index (κ3) is 2.17. The van der Waals surface area contributed by atoms with Crippen molar-refractivity contribution in [3.8, 4) is 0 Å². The van der Waals surface area contributed by atoms with E-state index in [4.69, 9.17) is 5.73 Å². The van der Waals surface area contributed by atoms with Crippen molar-refractivity contribution < 1.29 is 4.86 Å². The lowest BCUT2D eigenvalue weighted by Gasteiger charge is -2.01. The van der Waals surface area contributed by atoms with Crippen molar-refractivity contribution in [1.29, 1.82) is 0 Å². The van der Waals surface area contributed by atoms with Crippen LogP contribution in [0.3, 0.4) is 0 Å². The van der Waals surface area contributed by atoms with E-state index in [1.807, 2.05) is 18.2 Å². The number of hydrogen-bond acceptors (Lipinski definition) is 3. The normalized spacial score (nSPS) is 11.4. The Morgan fingerprint density at radius 2 is 1.56 bits per heavy atom. The molecule has 0 aliphatic heterocycles. The van der Waals surface area contributed by atoms with E-state index in [0.29, 0.717) is 21.9 Å². The number of hydrogen-bond donors (Lipinski definition) is 1. The van der Waals surface area contributed by atoms with E-state index >= 15 is 0 Å². The van der Waals surface area contributed by atoms with E-state index < -0.39 is 0 Å². The van der Waals surface area contributed by atoms with Crippen LogP contribution in [0.5, 0.6) is 0 Å². The van der Waals surface area contributed by atoms with Gasteiger partial charge >= 0.3 is 0 Å². The number of anilines is 1. The summed E-state index contributed by atoms with van der Waals surface area (Å²) in [5, 5.41) is 15.6. The van der Waals surface area contributed by atoms with Gasteiger partial charge in [-0.05, 0) is 23.1 Å². The van der Waals surface area contributed by atoms with E-state index in [-0.39, 0.29) is 0 Å². The van der Waals surface area contributed by atoms with Crippen LogP contribution in [-0.4, -0.2) is 4.86 Å². The number of rotatable bonds is 2. The molecule has 0 heterocycles. The molecule has 0 bridgehead atoms. The molecule has 0 saturated heterocycles. The Morgan fingerprint density at radius 1 is 0.938 bits per heavy atom. The number of azo groups is 1. The molecule has 2 aromatic rings. The number of para-hydroxylation sites is 2. The molecule has 4 nitrogen and oxygen atoms in total. The van der Waals surface area contributed by atoms with Gasteiger partial charge in [0, 0.05) is 11.2 Å². The van der Waals surface area contributed by atoms with Gasteiger partial charge in [-0.15, -0.1) is 0 Å². The first-order valence-electron chi connectivity index (χ1n) is 4.86. The van der Waals surface area contributed by atoms with Crippen LogP contribution in [0, 0.1) is 5.21 Å². The molecule has 16 heavy (non-hydrogen) atoms. The van der Waals surface area contributed by atoms with Gasteiger partial charge in [0.2, 0.25) is 0 Å². The fraction of sp³-hybridized carbons (Fsp3) is 0. The zero-order valence-electron chi connectivity index (χ0n) is 8.58. The van der Waals surface area contributed by atoms with Crippen LogP contribution >= 0.6 is 0 Å². The maximum absolute atomic E-state index is 11.7. The van der Waals surface area contributed by atoms with Crippen molar-refractivity contribution in [3.05, 3.63) is 59.8 Å². The average molecular weight is 213 g/mol. The first-order valence-corrected chi connectivity index (χ1v) is 4.86. The maximum atomic E-state index is 11.7. The Labute approximate surface area is 93.2 Å². The molecule has 2 N–H and O–H groups in total. The third-order valence-corrected chi connectivity index (χ3v) is 2.11. The Kier molecular flexibility index (Phi) is 2.82. The Morgan fingerprint density at radius 3 is 2.25 bits per heavy atom. The van der Waals surface area contributed by atoms with Crippen LogP contribution in [0.4, 0.5) is 17.1 Å². The molecule has 0 saturated carbocycles. The highest BCUT2D eigenvalue weighted by atomic mass is 16.5. The summed E-state index contributed by atoms with van der Waals surface area (Å²) in [5.74, 6) is 0. The summed E-state index contributed by atoms with van der Waals surface area (Å²) in [5.41, 5.74) is 7.04. The van der Waals surface area contributed by atoms with Crippen molar-refractivity contribution in [1.82, 2.24) is 0 Å². The quantitative estimate of drug-likeness (QED) is 0.360. The fourth-order valence-corrected chi connectivity index (χ4v) is 1.32. The van der Waals surface area contributed by atoms with Crippen LogP contribution < -0.4 is 5.73 Å². The van der Waals surface area contributed by atoms with Crippen molar-refractivity contribution >= 4 is 17.1 Å². The largest absolute Gasteiger partial charge is 0.594 e. The average Bonchev–Trinajstić information content (AvgIpc) is 2.31. The molecular weight excluding hydrogens is 202 g/mol. The Bertz CT molecular complexity index is 509. The van der Waals surface area contributed by atoms with E-state index in [2.05, 4.69) is 5.11 Å². The molecule has 0 spiro atoms. The molecule has 2 aromatic carbocycles. The molecule has 80 valence electrons. The zero-order valence-corrected chi connectivity index (χ0v) is 8.58. The molecule has 0 aliphatic rings. The number of nitrogen functional groups attached to an aromatic ring is 1. The Balaban J connectivity index is 2.36. The standard InChI is InChI=1S/C12H11N3O/c13-11-8-4-5-9-12(11)15(16)14-10-6-2-1-3-7-10/h1-9H,13H2. The number of nitrogens with zero attached hydrogens (tertiary/aromatic N) is 2. The van der Waals surface area contributed by atoms with Gasteiger partial charge in [-0.25, -0.2) is 0 Å². The van der Waals surface area contributed by atoms with E-state index in [9.17, 15) is 5.21 Å². The van der Waals surface area contributed by atoms with Gasteiger partial charge in [-0.3, -0.25) is 0 Å². The molecule has 0 atom stereocenters. The van der Waals surface area contributed by atoms with Gasteiger partial charge in [-0.2, -0.15) is 0 Å². The summed E-state index contributed by atoms with van der Waals surface area (Å²) in [7, 11) is 0. The molecule has 0 aromatic heterocycles. The van der Waals surface area contributed by atoms with E-state index in [0.717, 1.165) is 0 Å². The zero-order chi connectivity index (χ0) is 11.4. The minimum Gasteiger partial charge on any atom is -0.594 e. The highest BCUT2D eigenvalue weighted by Gasteiger charge is 2.07. The van der Waals surface area contributed by atoms with Crippen LogP contribution in [0.1, 0.15) is 0 Å². The van der Waals surface area contributed by atoms with Crippen molar-refractivity contribution in [2.24, 2.45) is 5.11 Å². The third-order valence-electron chi connectivity index (χ3n) is 2.11. The van der Waals surface area contributed by atoms with Gasteiger partial charge < -0.3 is 10.9 Å². The van der Waals surface area contributed by atoms with Crippen LogP contribution in [0.25, 0.3) is 0 Å². The van der Waals surface area contributed by atoms with Crippen molar-refractivity contribution in [3.63, 3.8) is 0 Å². The summed E-state index contributed by atoms with van der Waals surface area (Å²) in [4.78, 5) is 0.532. The van der Waals surface area contributed by atoms with Gasteiger partial charge in [0.25, 0.3) is 5.69 Å². The second kappa shape index (κ2) is 4.44. The predicted molar refractivity (Wildman–Crippen MR) is 62.7 cm³/mol. The first-order chi connectivity index (χ1) is 7.77. The minimum absolute atomic E-state index is 0.353. The van der Waals surface area contributed by atoms with Gasteiger partial charge in [-0.1, -0.05) is 30.3 Å². The molecular formula is C12H11N3O. The molecule has 0 amide bonds. The van der Waals surface area contributed by atoms with Gasteiger partial charge in [0.1, 0.15) is 11.4 Å². The monoisotopic (exact) mass is 213 g/mol.